The summed E-state index contributed by atoms with van der Waals surface area (Å²) in [6, 6.07) is 9.87. The molecule has 276 valence electrons. The SMILES string of the molecule is CC(C)(C)C(Nc1cccc(C(F)(F)F)c1)C(=O)N1CC(Oc2nc3ccccc3s2)CC1C(=O)NC1(C(N)=O)CC1CCC1CC1(C)S(=O)[O-]. The van der Waals surface area contributed by atoms with Gasteiger partial charge in [0.15, 0.2) is 0 Å². The van der Waals surface area contributed by atoms with Crippen molar-refractivity contribution in [1.29, 1.82) is 0 Å². The van der Waals surface area contributed by atoms with Crippen LogP contribution in [-0.4, -0.2) is 71.4 Å². The summed E-state index contributed by atoms with van der Waals surface area (Å²) >= 11 is -0.899. The predicted octanol–water partition coefficient (Wildman–Crippen LogP) is 4.99. The number of carbonyl (C=O) groups is 3. The summed E-state index contributed by atoms with van der Waals surface area (Å²) in [4.78, 5) is 47.3. The number of amides is 3. The summed E-state index contributed by atoms with van der Waals surface area (Å²) in [5.74, 6) is -2.20. The van der Waals surface area contributed by atoms with Crippen molar-refractivity contribution in [2.75, 3.05) is 11.9 Å². The molecule has 3 aliphatic rings. The highest BCUT2D eigenvalue weighted by molar-refractivity contribution is 7.81. The van der Waals surface area contributed by atoms with Gasteiger partial charge in [-0.2, -0.15) is 13.2 Å². The Morgan fingerprint density at radius 2 is 1.82 bits per heavy atom. The Balaban J connectivity index is 1.24. The van der Waals surface area contributed by atoms with Crippen molar-refractivity contribution in [3.63, 3.8) is 0 Å². The van der Waals surface area contributed by atoms with E-state index in [0.29, 0.717) is 24.5 Å². The van der Waals surface area contributed by atoms with E-state index in [1.807, 2.05) is 24.3 Å². The molecule has 1 saturated heterocycles. The minimum atomic E-state index is -4.59. The van der Waals surface area contributed by atoms with Crippen molar-refractivity contribution in [3.05, 3.63) is 54.1 Å². The number of thiazole rings is 1. The van der Waals surface area contributed by atoms with Crippen molar-refractivity contribution >= 4 is 56.0 Å². The highest BCUT2D eigenvalue weighted by atomic mass is 32.2. The lowest BCUT2D eigenvalue weighted by Gasteiger charge is -2.36. The van der Waals surface area contributed by atoms with Crippen molar-refractivity contribution < 1.29 is 41.1 Å². The van der Waals surface area contributed by atoms with Gasteiger partial charge in [-0.1, -0.05) is 50.3 Å². The number of rotatable bonds is 12. The van der Waals surface area contributed by atoms with Gasteiger partial charge in [-0.15, -0.1) is 0 Å². The largest absolute Gasteiger partial charge is 0.772 e. The fourth-order valence-corrected chi connectivity index (χ4v) is 8.74. The van der Waals surface area contributed by atoms with Gasteiger partial charge in [0.25, 0.3) is 5.19 Å². The number of hydrogen-bond donors (Lipinski definition) is 3. The molecule has 51 heavy (non-hydrogen) atoms. The topological polar surface area (TPSA) is 167 Å². The highest BCUT2D eigenvalue weighted by Crippen LogP contribution is 2.54. The molecule has 1 aliphatic heterocycles. The zero-order valence-electron chi connectivity index (χ0n) is 28.6. The van der Waals surface area contributed by atoms with Crippen molar-refractivity contribution in [2.24, 2.45) is 23.0 Å². The molecule has 6 rings (SSSR count). The number of benzene rings is 2. The monoisotopic (exact) mass is 748 g/mol. The van der Waals surface area contributed by atoms with Crippen LogP contribution in [0.3, 0.4) is 0 Å². The maximum Gasteiger partial charge on any atom is 0.416 e. The van der Waals surface area contributed by atoms with E-state index in [1.165, 1.54) is 28.4 Å². The van der Waals surface area contributed by atoms with Crippen LogP contribution in [0, 0.1) is 17.3 Å². The van der Waals surface area contributed by atoms with Crippen molar-refractivity contribution in [3.8, 4) is 5.19 Å². The summed E-state index contributed by atoms with van der Waals surface area (Å²) in [7, 11) is 0. The standard InChI is InChI=1S/C35H42F3N5O6S2/c1-32(2,3)27(40-22-9-7-8-19(14-22)35(36,37)38)29(45)43-18-23(49-31-41-24-10-5-6-11-26(24)50-31)15-25(43)28(44)42-34(30(39)46)17-21(34)13-12-20-16-33(20,4)51(47)48/h5-11,14,20-21,23,25,27,40H,12-13,15-18H2,1-4H3,(H2,39,46)(H,42,44)(H,47,48)/p-1. The highest BCUT2D eigenvalue weighted by Gasteiger charge is 2.62. The van der Waals surface area contributed by atoms with Crippen molar-refractivity contribution in [1.82, 2.24) is 15.2 Å². The number of carbonyl (C=O) groups excluding carboxylic acids is 3. The molecule has 2 aliphatic carbocycles. The van der Waals surface area contributed by atoms with Gasteiger partial charge in [-0.3, -0.25) is 18.6 Å². The Labute approximate surface area is 300 Å². The molecule has 1 aromatic heterocycles. The van der Waals surface area contributed by atoms with Crippen LogP contribution in [0.1, 0.15) is 65.4 Å². The minimum absolute atomic E-state index is 0.0245. The molecule has 3 fully saturated rings. The van der Waals surface area contributed by atoms with Gasteiger partial charge in [0.2, 0.25) is 17.7 Å². The minimum Gasteiger partial charge on any atom is -0.772 e. The van der Waals surface area contributed by atoms with Crippen LogP contribution in [0.5, 0.6) is 5.19 Å². The Morgan fingerprint density at radius 3 is 2.45 bits per heavy atom. The fourth-order valence-electron chi connectivity index (χ4n) is 7.13. The summed E-state index contributed by atoms with van der Waals surface area (Å²) in [5.41, 5.74) is 3.60. The number of ether oxygens (including phenoxy) is 1. The normalized spacial score (nSPS) is 28.6. The molecular weight excluding hydrogens is 708 g/mol. The second kappa shape index (κ2) is 13.3. The molecule has 8 atom stereocenters. The van der Waals surface area contributed by atoms with E-state index in [4.69, 9.17) is 10.5 Å². The van der Waals surface area contributed by atoms with Crippen LogP contribution in [0.15, 0.2) is 48.5 Å². The summed E-state index contributed by atoms with van der Waals surface area (Å²) < 4.78 is 70.1. The van der Waals surface area contributed by atoms with E-state index < -0.39 is 74.4 Å². The number of nitrogens with zero attached hydrogens (tertiary/aromatic N) is 2. The molecule has 3 aromatic rings. The van der Waals surface area contributed by atoms with Crippen LogP contribution in [-0.2, 0) is 31.6 Å². The maximum atomic E-state index is 14.5. The Kier molecular flexibility index (Phi) is 9.68. The molecule has 2 saturated carbocycles. The molecule has 3 amide bonds. The average Bonchev–Trinajstić information content (AvgIpc) is 3.79. The fraction of sp³-hybridized carbons (Fsp3) is 0.543. The van der Waals surface area contributed by atoms with E-state index in [0.717, 1.165) is 22.3 Å². The third-order valence-electron chi connectivity index (χ3n) is 10.5. The van der Waals surface area contributed by atoms with E-state index in [1.54, 1.807) is 27.7 Å². The molecular formula is C35H41F3N5O6S2-. The molecule has 16 heteroatoms. The summed E-state index contributed by atoms with van der Waals surface area (Å²) in [6.45, 7) is 6.95. The third-order valence-corrected chi connectivity index (χ3v) is 12.7. The number of fused-ring (bicyclic) bond motifs is 1. The van der Waals surface area contributed by atoms with Crippen LogP contribution >= 0.6 is 11.3 Å². The molecule has 4 N–H and O–H groups in total. The van der Waals surface area contributed by atoms with Gasteiger partial charge in [-0.05, 0) is 91.3 Å². The number of halogens is 3. The van der Waals surface area contributed by atoms with Crippen LogP contribution in [0.4, 0.5) is 18.9 Å². The first-order valence-corrected chi connectivity index (χ1v) is 18.7. The molecule has 2 aromatic carbocycles. The number of nitrogens with one attached hydrogen (secondary N) is 2. The van der Waals surface area contributed by atoms with Gasteiger partial charge in [0.05, 0.1) is 22.3 Å². The molecule has 0 spiro atoms. The first-order valence-electron chi connectivity index (χ1n) is 16.8. The van der Waals surface area contributed by atoms with Gasteiger partial charge in [-0.25, -0.2) is 4.98 Å². The number of alkyl halides is 3. The van der Waals surface area contributed by atoms with Gasteiger partial charge in [0.1, 0.15) is 23.7 Å². The van der Waals surface area contributed by atoms with E-state index in [2.05, 4.69) is 15.6 Å². The first kappa shape index (κ1) is 37.0. The molecule has 11 nitrogen and oxygen atoms in total. The third kappa shape index (κ3) is 7.58. The number of anilines is 1. The van der Waals surface area contributed by atoms with Gasteiger partial charge >= 0.3 is 6.18 Å². The molecule has 8 unspecified atom stereocenters. The number of nitrogens with two attached hydrogens (primary N) is 1. The van der Waals surface area contributed by atoms with Crippen LogP contribution in [0.2, 0.25) is 0 Å². The number of likely N-dealkylation sites (tertiary alicyclic amines) is 1. The van der Waals surface area contributed by atoms with E-state index in [9.17, 15) is 36.3 Å². The lowest BCUT2D eigenvalue weighted by Crippen LogP contribution is -2.57. The summed E-state index contributed by atoms with van der Waals surface area (Å²) in [6.07, 6.45) is -3.34. The second-order valence-electron chi connectivity index (χ2n) is 15.2. The number of para-hydroxylation sites is 1. The van der Waals surface area contributed by atoms with Crippen molar-refractivity contribution in [2.45, 2.75) is 94.4 Å². The summed E-state index contributed by atoms with van der Waals surface area (Å²) in [5, 5.41) is 6.19. The lowest BCUT2D eigenvalue weighted by atomic mass is 9.85. The molecule has 2 heterocycles. The average molecular weight is 749 g/mol. The van der Waals surface area contributed by atoms with Crippen LogP contribution < -0.4 is 21.1 Å². The zero-order valence-corrected chi connectivity index (χ0v) is 30.3. The Morgan fingerprint density at radius 1 is 1.12 bits per heavy atom. The molecule has 0 bridgehead atoms. The second-order valence-corrected chi connectivity index (χ2v) is 17.6. The van der Waals surface area contributed by atoms with Crippen LogP contribution in [0.25, 0.3) is 10.2 Å². The number of primary amides is 1. The van der Waals surface area contributed by atoms with E-state index in [-0.39, 0.29) is 36.9 Å². The maximum absolute atomic E-state index is 14.5. The number of hydrogen-bond acceptors (Lipinski definition) is 9. The smallest absolute Gasteiger partial charge is 0.416 e. The molecule has 0 radical (unpaired) electrons. The first-order chi connectivity index (χ1) is 23.8. The number of aromatic nitrogens is 1. The predicted molar refractivity (Wildman–Crippen MR) is 185 cm³/mol. The quantitative estimate of drug-likeness (QED) is 0.218. The van der Waals surface area contributed by atoms with E-state index >= 15 is 0 Å². The Bertz CT molecular complexity index is 1830. The lowest BCUT2D eigenvalue weighted by molar-refractivity contribution is -0.141. The zero-order chi connectivity index (χ0) is 37.1. The Hall–Kier alpha value is -3.76. The van der Waals surface area contributed by atoms with Gasteiger partial charge in [0, 0.05) is 16.9 Å². The van der Waals surface area contributed by atoms with Gasteiger partial charge < -0.3 is 30.6 Å².